The number of amides is 1. The first kappa shape index (κ1) is 14.9. The van der Waals surface area contributed by atoms with Crippen LogP contribution in [0, 0.1) is 5.82 Å². The van der Waals surface area contributed by atoms with Gasteiger partial charge in [-0.25, -0.2) is 4.39 Å². The number of nitrogens with one attached hydrogen (secondary N) is 1. The van der Waals surface area contributed by atoms with Gasteiger partial charge in [-0.1, -0.05) is 19.9 Å². The van der Waals surface area contributed by atoms with Crippen LogP contribution in [0.4, 0.5) is 10.1 Å². The molecule has 2 aromatic rings. The lowest BCUT2D eigenvalue weighted by atomic mass is 10.1. The van der Waals surface area contributed by atoms with Gasteiger partial charge < -0.3 is 9.88 Å². The van der Waals surface area contributed by atoms with Crippen molar-refractivity contribution in [2.24, 2.45) is 0 Å². The zero-order valence-electron chi connectivity index (χ0n) is 11.8. The minimum Gasteiger partial charge on any atom is -0.324 e. The number of rotatable bonds is 4. The number of benzene rings is 1. The first-order valence-corrected chi connectivity index (χ1v) is 6.58. The molecule has 1 heterocycles. The molecule has 21 heavy (non-hydrogen) atoms. The third kappa shape index (κ3) is 3.75. The van der Waals surface area contributed by atoms with Crippen LogP contribution in [0.5, 0.6) is 0 Å². The average molecular weight is 289 g/mol. The highest BCUT2D eigenvalue weighted by Gasteiger charge is 2.11. The van der Waals surface area contributed by atoms with E-state index in [4.69, 9.17) is 0 Å². The average Bonchev–Trinajstić information content (AvgIpc) is 2.40. The second kappa shape index (κ2) is 6.30. The van der Waals surface area contributed by atoms with Crippen molar-refractivity contribution in [2.45, 2.75) is 26.3 Å². The van der Waals surface area contributed by atoms with Crippen LogP contribution >= 0.6 is 0 Å². The molecule has 2 rings (SSSR count). The zero-order chi connectivity index (χ0) is 15.4. The first-order valence-electron chi connectivity index (χ1n) is 6.58. The summed E-state index contributed by atoms with van der Waals surface area (Å²) in [6.07, 6.45) is 2.95. The molecular weight excluding hydrogens is 273 g/mol. The van der Waals surface area contributed by atoms with Crippen molar-refractivity contribution in [2.75, 3.05) is 5.32 Å². The number of aromatic nitrogens is 2. The van der Waals surface area contributed by atoms with E-state index in [0.717, 1.165) is 0 Å². The Labute approximate surface area is 121 Å². The number of nitrogens with zero attached hydrogens (tertiary/aromatic N) is 2. The molecule has 0 saturated carbocycles. The van der Waals surface area contributed by atoms with Crippen molar-refractivity contribution in [3.8, 4) is 0 Å². The van der Waals surface area contributed by atoms with Crippen LogP contribution in [0.15, 0.2) is 41.5 Å². The van der Waals surface area contributed by atoms with E-state index in [0.29, 0.717) is 11.4 Å². The van der Waals surface area contributed by atoms with Gasteiger partial charge in [-0.2, -0.15) is 0 Å². The molecule has 1 N–H and O–H groups in total. The number of carbonyl (C=O) groups is 1. The summed E-state index contributed by atoms with van der Waals surface area (Å²) in [4.78, 5) is 28.1. The molecule has 0 aliphatic carbocycles. The van der Waals surface area contributed by atoms with Gasteiger partial charge in [-0.05, 0) is 18.2 Å². The Morgan fingerprint density at radius 1 is 1.43 bits per heavy atom. The van der Waals surface area contributed by atoms with Gasteiger partial charge >= 0.3 is 0 Å². The van der Waals surface area contributed by atoms with Gasteiger partial charge in [-0.15, -0.1) is 0 Å². The molecule has 110 valence electrons. The number of anilines is 1. The van der Waals surface area contributed by atoms with E-state index >= 15 is 0 Å². The molecule has 6 heteroatoms. The van der Waals surface area contributed by atoms with Gasteiger partial charge in [0.15, 0.2) is 0 Å². The largest absolute Gasteiger partial charge is 0.324 e. The number of carbonyl (C=O) groups excluding carboxylic acids is 1. The lowest BCUT2D eigenvalue weighted by Gasteiger charge is -2.09. The smallest absolute Gasteiger partial charge is 0.272 e. The summed E-state index contributed by atoms with van der Waals surface area (Å²) < 4.78 is 14.3. The molecule has 1 aromatic carbocycles. The molecule has 0 aliphatic rings. The molecule has 1 amide bonds. The van der Waals surface area contributed by atoms with Crippen molar-refractivity contribution in [3.63, 3.8) is 0 Å². The van der Waals surface area contributed by atoms with Crippen LogP contribution in [0.1, 0.15) is 25.5 Å². The molecule has 0 bridgehead atoms. The van der Waals surface area contributed by atoms with E-state index in [1.165, 1.54) is 35.2 Å². The molecule has 0 radical (unpaired) electrons. The van der Waals surface area contributed by atoms with E-state index in [9.17, 15) is 14.0 Å². The van der Waals surface area contributed by atoms with Crippen LogP contribution in [0.3, 0.4) is 0 Å². The van der Waals surface area contributed by atoms with Crippen molar-refractivity contribution >= 4 is 11.6 Å². The highest BCUT2D eigenvalue weighted by Crippen LogP contribution is 2.09. The Hall–Kier alpha value is -2.50. The Balaban J connectivity index is 2.13. The molecule has 0 aliphatic heterocycles. The summed E-state index contributed by atoms with van der Waals surface area (Å²) in [5.41, 5.74) is 0.476. The Morgan fingerprint density at radius 2 is 2.19 bits per heavy atom. The molecule has 0 saturated heterocycles. The van der Waals surface area contributed by atoms with Crippen LogP contribution in [-0.2, 0) is 11.3 Å². The standard InChI is InChI=1S/C15H16FN3O2/c1-10(2)14-15(21)19(7-6-17-14)9-13(20)18-12-5-3-4-11(16)8-12/h3-8,10H,9H2,1-2H3,(H,18,20). The number of hydrogen-bond donors (Lipinski definition) is 1. The van der Waals surface area contributed by atoms with Crippen LogP contribution in [-0.4, -0.2) is 15.5 Å². The monoisotopic (exact) mass is 289 g/mol. The van der Waals surface area contributed by atoms with Gasteiger partial charge in [0.1, 0.15) is 18.1 Å². The van der Waals surface area contributed by atoms with Crippen molar-refractivity contribution < 1.29 is 9.18 Å². The van der Waals surface area contributed by atoms with Gasteiger partial charge in [0.2, 0.25) is 5.91 Å². The second-order valence-electron chi connectivity index (χ2n) is 4.96. The number of halogens is 1. The van der Waals surface area contributed by atoms with E-state index in [-0.39, 0.29) is 18.0 Å². The first-order chi connectivity index (χ1) is 9.97. The fourth-order valence-electron chi connectivity index (χ4n) is 1.91. The highest BCUT2D eigenvalue weighted by molar-refractivity contribution is 5.90. The molecule has 5 nitrogen and oxygen atoms in total. The van der Waals surface area contributed by atoms with E-state index in [2.05, 4.69) is 10.3 Å². The SMILES string of the molecule is CC(C)c1nccn(CC(=O)Nc2cccc(F)c2)c1=O. The zero-order valence-corrected chi connectivity index (χ0v) is 11.8. The summed E-state index contributed by atoms with van der Waals surface area (Å²) in [7, 11) is 0. The quantitative estimate of drug-likeness (QED) is 0.938. The molecule has 0 atom stereocenters. The molecule has 0 fully saturated rings. The maximum absolute atomic E-state index is 13.0. The highest BCUT2D eigenvalue weighted by atomic mass is 19.1. The Kier molecular flexibility index (Phi) is 4.47. The second-order valence-corrected chi connectivity index (χ2v) is 4.96. The molecular formula is C15H16FN3O2. The van der Waals surface area contributed by atoms with Gasteiger partial charge in [0, 0.05) is 24.0 Å². The summed E-state index contributed by atoms with van der Waals surface area (Å²) in [5.74, 6) is -0.851. The van der Waals surface area contributed by atoms with Crippen LogP contribution in [0.2, 0.25) is 0 Å². The molecule has 0 unspecified atom stereocenters. The Bertz CT molecular complexity index is 710. The maximum atomic E-state index is 13.0. The minimum absolute atomic E-state index is 0.0174. The van der Waals surface area contributed by atoms with Gasteiger partial charge in [0.25, 0.3) is 5.56 Å². The molecule has 1 aromatic heterocycles. The van der Waals surface area contributed by atoms with Crippen molar-refractivity contribution in [1.82, 2.24) is 9.55 Å². The van der Waals surface area contributed by atoms with Gasteiger partial charge in [0.05, 0.1) is 0 Å². The summed E-state index contributed by atoms with van der Waals surface area (Å²) >= 11 is 0. The normalized spacial score (nSPS) is 10.7. The minimum atomic E-state index is -0.434. The van der Waals surface area contributed by atoms with E-state index in [1.807, 2.05) is 13.8 Å². The lowest BCUT2D eigenvalue weighted by molar-refractivity contribution is -0.116. The van der Waals surface area contributed by atoms with E-state index < -0.39 is 11.7 Å². The van der Waals surface area contributed by atoms with Crippen LogP contribution < -0.4 is 10.9 Å². The van der Waals surface area contributed by atoms with Crippen molar-refractivity contribution in [1.29, 1.82) is 0 Å². The van der Waals surface area contributed by atoms with E-state index in [1.54, 1.807) is 6.07 Å². The topological polar surface area (TPSA) is 64.0 Å². The summed E-state index contributed by atoms with van der Waals surface area (Å²) in [6, 6.07) is 5.58. The predicted octanol–water partition coefficient (Wildman–Crippen LogP) is 2.14. The third-order valence-electron chi connectivity index (χ3n) is 2.91. The fourth-order valence-corrected chi connectivity index (χ4v) is 1.91. The lowest BCUT2D eigenvalue weighted by Crippen LogP contribution is -2.30. The van der Waals surface area contributed by atoms with Crippen molar-refractivity contribution in [3.05, 3.63) is 58.5 Å². The maximum Gasteiger partial charge on any atom is 0.272 e. The predicted molar refractivity (Wildman–Crippen MR) is 77.6 cm³/mol. The third-order valence-corrected chi connectivity index (χ3v) is 2.91. The summed E-state index contributed by atoms with van der Waals surface area (Å²) in [5, 5.41) is 2.55. The van der Waals surface area contributed by atoms with Crippen LogP contribution in [0.25, 0.3) is 0 Å². The Morgan fingerprint density at radius 3 is 2.86 bits per heavy atom. The van der Waals surface area contributed by atoms with Gasteiger partial charge in [-0.3, -0.25) is 14.6 Å². The molecule has 0 spiro atoms. The summed E-state index contributed by atoms with van der Waals surface area (Å²) in [6.45, 7) is 3.58. The fraction of sp³-hybridized carbons (Fsp3) is 0.267. The number of hydrogen-bond acceptors (Lipinski definition) is 3.